The van der Waals surface area contributed by atoms with Gasteiger partial charge in [0.15, 0.2) is 11.6 Å². The molecule has 0 amide bonds. The highest BCUT2D eigenvalue weighted by Gasteiger charge is 2.27. The van der Waals surface area contributed by atoms with E-state index in [9.17, 15) is 13.9 Å². The number of benzene rings is 1. The van der Waals surface area contributed by atoms with Crippen molar-refractivity contribution >= 4 is 0 Å². The van der Waals surface area contributed by atoms with Crippen LogP contribution in [0.4, 0.5) is 8.78 Å². The molecular weight excluding hydrogens is 274 g/mol. The number of rotatable bonds is 5. The lowest BCUT2D eigenvalue weighted by Crippen LogP contribution is -2.43. The van der Waals surface area contributed by atoms with Gasteiger partial charge in [0, 0.05) is 24.7 Å². The second kappa shape index (κ2) is 6.81. The molecule has 1 atom stereocenters. The molecular formula is C16H24F2N2O. The largest absolute Gasteiger partial charge is 0.390 e. The minimum Gasteiger partial charge on any atom is -0.390 e. The summed E-state index contributed by atoms with van der Waals surface area (Å²) in [6.07, 6.45) is 2.22. The third-order valence-electron chi connectivity index (χ3n) is 4.37. The number of hydrogen-bond donors (Lipinski definition) is 2. The second-order valence-corrected chi connectivity index (χ2v) is 6.11. The highest BCUT2D eigenvalue weighted by molar-refractivity contribution is 5.22. The summed E-state index contributed by atoms with van der Waals surface area (Å²) in [6.45, 7) is 4.35. The van der Waals surface area contributed by atoms with Crippen LogP contribution in [0.1, 0.15) is 37.8 Å². The molecule has 21 heavy (non-hydrogen) atoms. The van der Waals surface area contributed by atoms with E-state index in [0.717, 1.165) is 38.5 Å². The fraction of sp³-hybridized carbons (Fsp3) is 0.625. The fourth-order valence-electron chi connectivity index (χ4n) is 2.81. The molecule has 3 nitrogen and oxygen atoms in total. The summed E-state index contributed by atoms with van der Waals surface area (Å²) >= 11 is 0. The van der Waals surface area contributed by atoms with Gasteiger partial charge in [0.2, 0.25) is 0 Å². The summed E-state index contributed by atoms with van der Waals surface area (Å²) in [6, 6.07) is 4.10. The molecule has 1 aromatic rings. The van der Waals surface area contributed by atoms with Crippen molar-refractivity contribution in [3.8, 4) is 0 Å². The maximum atomic E-state index is 13.8. The van der Waals surface area contributed by atoms with E-state index in [4.69, 9.17) is 0 Å². The summed E-state index contributed by atoms with van der Waals surface area (Å²) in [4.78, 5) is 2.26. The lowest BCUT2D eigenvalue weighted by atomic mass is 9.93. The molecule has 1 heterocycles. The molecule has 0 spiro atoms. The molecule has 0 aromatic heterocycles. The molecule has 1 aromatic carbocycles. The maximum Gasteiger partial charge on any atom is 0.163 e. The molecule has 1 saturated heterocycles. The minimum absolute atomic E-state index is 0.205. The van der Waals surface area contributed by atoms with Crippen molar-refractivity contribution in [2.75, 3.05) is 26.7 Å². The highest BCUT2D eigenvalue weighted by atomic mass is 19.2. The van der Waals surface area contributed by atoms with E-state index >= 15 is 0 Å². The smallest absolute Gasteiger partial charge is 0.163 e. The van der Waals surface area contributed by atoms with Crippen LogP contribution in [0.15, 0.2) is 18.2 Å². The van der Waals surface area contributed by atoms with Gasteiger partial charge in [-0.1, -0.05) is 12.1 Å². The summed E-state index contributed by atoms with van der Waals surface area (Å²) in [5.74, 6) is -1.57. The van der Waals surface area contributed by atoms with Gasteiger partial charge < -0.3 is 15.3 Å². The minimum atomic E-state index is -0.804. The lowest BCUT2D eigenvalue weighted by Gasteiger charge is -2.36. The van der Waals surface area contributed by atoms with Crippen LogP contribution in [-0.4, -0.2) is 42.3 Å². The Balaban J connectivity index is 1.93. The maximum absolute atomic E-state index is 13.8. The first-order chi connectivity index (χ1) is 9.93. The molecule has 0 saturated carbocycles. The SMILES string of the molecule is CNC(CCN1CCC(C)(O)CC1)c1cccc(F)c1F. The van der Waals surface area contributed by atoms with Gasteiger partial charge in [-0.05, 0) is 45.8 Å². The van der Waals surface area contributed by atoms with E-state index in [1.165, 1.54) is 6.07 Å². The number of hydrogen-bond acceptors (Lipinski definition) is 3. The number of piperidine rings is 1. The molecule has 118 valence electrons. The fourth-order valence-corrected chi connectivity index (χ4v) is 2.81. The first-order valence-electron chi connectivity index (χ1n) is 7.49. The second-order valence-electron chi connectivity index (χ2n) is 6.11. The topological polar surface area (TPSA) is 35.5 Å². The summed E-state index contributed by atoms with van der Waals surface area (Å²) in [5.41, 5.74) is -0.186. The van der Waals surface area contributed by atoms with Crippen molar-refractivity contribution in [3.63, 3.8) is 0 Å². The molecule has 0 aliphatic carbocycles. The molecule has 1 aliphatic rings. The van der Waals surface area contributed by atoms with Gasteiger partial charge in [0.25, 0.3) is 0 Å². The first-order valence-corrected chi connectivity index (χ1v) is 7.49. The quantitative estimate of drug-likeness (QED) is 0.876. The number of nitrogens with zero attached hydrogens (tertiary/aromatic N) is 1. The zero-order valence-electron chi connectivity index (χ0n) is 12.7. The third-order valence-corrected chi connectivity index (χ3v) is 4.37. The van der Waals surface area contributed by atoms with Crippen LogP contribution in [0, 0.1) is 11.6 Å². The Kier molecular flexibility index (Phi) is 5.30. The Morgan fingerprint density at radius 1 is 1.33 bits per heavy atom. The molecule has 2 N–H and O–H groups in total. The predicted octanol–water partition coefficient (Wildman–Crippen LogP) is 2.46. The average Bonchev–Trinajstić information content (AvgIpc) is 2.45. The number of nitrogens with one attached hydrogen (secondary N) is 1. The van der Waals surface area contributed by atoms with Gasteiger partial charge in [-0.25, -0.2) is 8.78 Å². The highest BCUT2D eigenvalue weighted by Crippen LogP contribution is 2.25. The van der Waals surface area contributed by atoms with Crippen molar-refractivity contribution in [1.82, 2.24) is 10.2 Å². The Bertz CT molecular complexity index is 469. The van der Waals surface area contributed by atoms with Gasteiger partial charge in [0.05, 0.1) is 5.60 Å². The van der Waals surface area contributed by atoms with Gasteiger partial charge in [-0.15, -0.1) is 0 Å². The molecule has 1 aliphatic heterocycles. The van der Waals surface area contributed by atoms with Crippen molar-refractivity contribution in [1.29, 1.82) is 0 Å². The van der Waals surface area contributed by atoms with E-state index < -0.39 is 17.2 Å². The Labute approximate surface area is 125 Å². The van der Waals surface area contributed by atoms with Crippen molar-refractivity contribution in [2.45, 2.75) is 37.8 Å². The summed E-state index contributed by atoms with van der Waals surface area (Å²) < 4.78 is 27.2. The van der Waals surface area contributed by atoms with Gasteiger partial charge >= 0.3 is 0 Å². The standard InChI is InChI=1S/C16H24F2N2O/c1-16(21)7-10-20(11-8-16)9-6-14(19-2)12-4-3-5-13(17)15(12)18/h3-5,14,19,21H,6-11H2,1-2H3. The van der Waals surface area contributed by atoms with Crippen LogP contribution < -0.4 is 5.32 Å². The zero-order chi connectivity index (χ0) is 15.5. The van der Waals surface area contributed by atoms with Crippen LogP contribution in [0.25, 0.3) is 0 Å². The third kappa shape index (κ3) is 4.22. The number of halogens is 2. The number of aliphatic hydroxyl groups is 1. The molecule has 5 heteroatoms. The van der Waals surface area contributed by atoms with E-state index in [2.05, 4.69) is 10.2 Å². The van der Waals surface area contributed by atoms with Gasteiger partial charge in [-0.3, -0.25) is 0 Å². The van der Waals surface area contributed by atoms with Crippen LogP contribution in [0.3, 0.4) is 0 Å². The van der Waals surface area contributed by atoms with Crippen molar-refractivity contribution in [3.05, 3.63) is 35.4 Å². The van der Waals surface area contributed by atoms with Crippen LogP contribution in [0.2, 0.25) is 0 Å². The van der Waals surface area contributed by atoms with E-state index in [1.54, 1.807) is 13.1 Å². The Hall–Kier alpha value is -1.04. The van der Waals surface area contributed by atoms with Crippen molar-refractivity contribution < 1.29 is 13.9 Å². The summed E-state index contributed by atoms with van der Waals surface area (Å²) in [5, 5.41) is 13.0. The molecule has 0 bridgehead atoms. The lowest BCUT2D eigenvalue weighted by molar-refractivity contribution is -0.00595. The Morgan fingerprint density at radius 2 is 2.00 bits per heavy atom. The van der Waals surface area contributed by atoms with Gasteiger partial charge in [0.1, 0.15) is 0 Å². The Morgan fingerprint density at radius 3 is 2.62 bits per heavy atom. The molecule has 1 unspecified atom stereocenters. The normalized spacial score (nSPS) is 20.4. The van der Waals surface area contributed by atoms with E-state index in [1.807, 2.05) is 6.92 Å². The zero-order valence-corrected chi connectivity index (χ0v) is 12.7. The first kappa shape index (κ1) is 16.3. The van der Waals surface area contributed by atoms with Gasteiger partial charge in [-0.2, -0.15) is 0 Å². The van der Waals surface area contributed by atoms with Crippen LogP contribution >= 0.6 is 0 Å². The molecule has 0 radical (unpaired) electrons. The molecule has 2 rings (SSSR count). The van der Waals surface area contributed by atoms with E-state index in [0.29, 0.717) is 12.0 Å². The average molecular weight is 298 g/mol. The van der Waals surface area contributed by atoms with E-state index in [-0.39, 0.29) is 6.04 Å². The monoisotopic (exact) mass is 298 g/mol. The summed E-state index contributed by atoms with van der Waals surface area (Å²) in [7, 11) is 1.76. The molecule has 1 fully saturated rings. The van der Waals surface area contributed by atoms with Crippen LogP contribution in [-0.2, 0) is 0 Å². The van der Waals surface area contributed by atoms with Crippen molar-refractivity contribution in [2.24, 2.45) is 0 Å². The predicted molar refractivity (Wildman–Crippen MR) is 79.1 cm³/mol. The van der Waals surface area contributed by atoms with Crippen LogP contribution in [0.5, 0.6) is 0 Å². The number of likely N-dealkylation sites (tertiary alicyclic amines) is 1.